The second-order valence-electron chi connectivity index (χ2n) is 6.89. The van der Waals surface area contributed by atoms with Gasteiger partial charge in [-0.3, -0.25) is 4.79 Å². The number of benzene rings is 1. The summed E-state index contributed by atoms with van der Waals surface area (Å²) in [6.07, 6.45) is 10.9. The molecule has 0 saturated heterocycles. The number of allylic oxidation sites excluding steroid dienone is 1. The average molecular weight is 348 g/mol. The first-order valence-corrected chi connectivity index (χ1v) is 9.46. The lowest BCUT2D eigenvalue weighted by molar-refractivity contribution is 0.0984. The fourth-order valence-electron chi connectivity index (χ4n) is 3.72. The van der Waals surface area contributed by atoms with Crippen LogP contribution in [0.3, 0.4) is 0 Å². The molecule has 0 saturated carbocycles. The molecule has 1 N–H and O–H groups in total. The van der Waals surface area contributed by atoms with Crippen LogP contribution in [0.15, 0.2) is 48.2 Å². The molecule has 134 valence electrons. The van der Waals surface area contributed by atoms with Gasteiger partial charge in [-0.2, -0.15) is 0 Å². The number of carbonyl (C=O) groups is 1. The highest BCUT2D eigenvalue weighted by atomic mass is 16.2. The molecule has 2 aliphatic rings. The topological polar surface area (TPSA) is 58.1 Å². The molecule has 0 fully saturated rings. The van der Waals surface area contributed by atoms with Crippen LogP contribution < -0.4 is 10.2 Å². The molecule has 1 aliphatic heterocycles. The van der Waals surface area contributed by atoms with Crippen molar-refractivity contribution in [2.75, 3.05) is 23.3 Å². The first kappa shape index (κ1) is 16.8. The Labute approximate surface area is 154 Å². The maximum Gasteiger partial charge on any atom is 0.277 e. The van der Waals surface area contributed by atoms with Crippen molar-refractivity contribution in [3.8, 4) is 0 Å². The number of fused-ring (bicyclic) bond motifs is 1. The number of hydrogen-bond acceptors (Lipinski definition) is 4. The molecule has 1 aliphatic carbocycles. The summed E-state index contributed by atoms with van der Waals surface area (Å²) >= 11 is 0. The molecule has 5 nitrogen and oxygen atoms in total. The lowest BCUT2D eigenvalue weighted by atomic mass is 9.97. The summed E-state index contributed by atoms with van der Waals surface area (Å²) in [4.78, 5) is 23.4. The van der Waals surface area contributed by atoms with E-state index in [4.69, 9.17) is 0 Å². The van der Waals surface area contributed by atoms with E-state index in [-0.39, 0.29) is 5.91 Å². The molecule has 1 amide bonds. The van der Waals surface area contributed by atoms with Crippen molar-refractivity contribution in [3.63, 3.8) is 0 Å². The van der Waals surface area contributed by atoms with E-state index in [0.29, 0.717) is 18.2 Å². The molecule has 1 aromatic heterocycles. The molecule has 1 aromatic carbocycles. The van der Waals surface area contributed by atoms with Crippen molar-refractivity contribution in [1.82, 2.24) is 9.97 Å². The second kappa shape index (κ2) is 7.68. The van der Waals surface area contributed by atoms with E-state index in [0.717, 1.165) is 25.1 Å². The molecule has 2 heterocycles. The smallest absolute Gasteiger partial charge is 0.277 e. The molecular formula is C21H24N4O. The van der Waals surface area contributed by atoms with Gasteiger partial charge in [0.15, 0.2) is 0 Å². The zero-order valence-corrected chi connectivity index (χ0v) is 14.9. The Balaban J connectivity index is 1.41. The SMILES string of the molecule is O=C(c1ccnc(NCCC2=CCCCC2)n1)N1CCc2ccccc21. The third kappa shape index (κ3) is 3.62. The van der Waals surface area contributed by atoms with Crippen molar-refractivity contribution in [3.05, 3.63) is 59.4 Å². The Bertz CT molecular complexity index is 830. The molecule has 5 heteroatoms. The van der Waals surface area contributed by atoms with Crippen molar-refractivity contribution < 1.29 is 4.79 Å². The molecule has 26 heavy (non-hydrogen) atoms. The van der Waals surface area contributed by atoms with Crippen molar-refractivity contribution >= 4 is 17.5 Å². The average Bonchev–Trinajstić information content (AvgIpc) is 3.13. The lowest BCUT2D eigenvalue weighted by Gasteiger charge is -2.17. The molecular weight excluding hydrogens is 324 g/mol. The highest BCUT2D eigenvalue weighted by molar-refractivity contribution is 6.06. The Morgan fingerprint density at radius 1 is 1.15 bits per heavy atom. The van der Waals surface area contributed by atoms with Gasteiger partial charge in [0.1, 0.15) is 5.69 Å². The number of aromatic nitrogens is 2. The summed E-state index contributed by atoms with van der Waals surface area (Å²) < 4.78 is 0. The maximum absolute atomic E-state index is 12.9. The molecule has 0 bridgehead atoms. The van der Waals surface area contributed by atoms with Gasteiger partial charge >= 0.3 is 0 Å². The third-order valence-corrected chi connectivity index (χ3v) is 5.12. The van der Waals surface area contributed by atoms with E-state index < -0.39 is 0 Å². The minimum Gasteiger partial charge on any atom is -0.354 e. The van der Waals surface area contributed by atoms with Crippen LogP contribution in [0.4, 0.5) is 11.6 Å². The predicted molar refractivity (Wildman–Crippen MR) is 104 cm³/mol. The summed E-state index contributed by atoms with van der Waals surface area (Å²) in [5, 5.41) is 3.26. The van der Waals surface area contributed by atoms with Crippen LogP contribution in [0.25, 0.3) is 0 Å². The Kier molecular flexibility index (Phi) is 4.95. The zero-order chi connectivity index (χ0) is 17.8. The summed E-state index contributed by atoms with van der Waals surface area (Å²) in [7, 11) is 0. The number of carbonyl (C=O) groups excluding carboxylic acids is 1. The molecule has 0 radical (unpaired) electrons. The lowest BCUT2D eigenvalue weighted by Crippen LogP contribution is -2.29. The van der Waals surface area contributed by atoms with Crippen LogP contribution in [0.2, 0.25) is 0 Å². The Morgan fingerprint density at radius 2 is 2.08 bits per heavy atom. The number of rotatable bonds is 5. The summed E-state index contributed by atoms with van der Waals surface area (Å²) in [5.74, 6) is 0.468. The van der Waals surface area contributed by atoms with Crippen LogP contribution in [0, 0.1) is 0 Å². The summed E-state index contributed by atoms with van der Waals surface area (Å²) in [6.45, 7) is 1.51. The van der Waals surface area contributed by atoms with Gasteiger partial charge < -0.3 is 10.2 Å². The second-order valence-corrected chi connectivity index (χ2v) is 6.89. The normalized spacial score (nSPS) is 16.2. The maximum atomic E-state index is 12.9. The highest BCUT2D eigenvalue weighted by Crippen LogP contribution is 2.28. The van der Waals surface area contributed by atoms with Gasteiger partial charge in [-0.1, -0.05) is 29.8 Å². The van der Waals surface area contributed by atoms with Gasteiger partial charge in [-0.25, -0.2) is 9.97 Å². The fourth-order valence-corrected chi connectivity index (χ4v) is 3.72. The zero-order valence-electron chi connectivity index (χ0n) is 14.9. The number of anilines is 2. The molecule has 0 atom stereocenters. The van der Waals surface area contributed by atoms with Gasteiger partial charge in [0, 0.05) is 25.0 Å². The molecule has 0 spiro atoms. The summed E-state index contributed by atoms with van der Waals surface area (Å²) in [5.41, 5.74) is 4.17. The Morgan fingerprint density at radius 3 is 2.96 bits per heavy atom. The van der Waals surface area contributed by atoms with Crippen molar-refractivity contribution in [1.29, 1.82) is 0 Å². The van der Waals surface area contributed by atoms with Crippen LogP contribution in [0.1, 0.15) is 48.2 Å². The van der Waals surface area contributed by atoms with Crippen LogP contribution in [-0.2, 0) is 6.42 Å². The van der Waals surface area contributed by atoms with Crippen LogP contribution >= 0.6 is 0 Å². The van der Waals surface area contributed by atoms with Crippen LogP contribution in [0.5, 0.6) is 0 Å². The van der Waals surface area contributed by atoms with Gasteiger partial charge in [0.05, 0.1) is 0 Å². The predicted octanol–water partition coefficient (Wildman–Crippen LogP) is 3.98. The van der Waals surface area contributed by atoms with Crippen molar-refractivity contribution in [2.45, 2.75) is 38.5 Å². The number of para-hydroxylation sites is 1. The highest BCUT2D eigenvalue weighted by Gasteiger charge is 2.26. The standard InChI is InChI=1S/C21H24N4O/c26-20(25-15-12-17-8-4-5-9-19(17)25)18-11-14-23-21(24-18)22-13-10-16-6-2-1-3-7-16/h4-6,8-9,11,14H,1-3,7,10,12-13,15H2,(H,22,23,24). The van der Waals surface area contributed by atoms with Gasteiger partial charge in [0.25, 0.3) is 5.91 Å². The number of nitrogens with zero attached hydrogens (tertiary/aromatic N) is 3. The first-order valence-electron chi connectivity index (χ1n) is 9.46. The number of amides is 1. The molecule has 2 aromatic rings. The monoisotopic (exact) mass is 348 g/mol. The number of hydrogen-bond donors (Lipinski definition) is 1. The van der Waals surface area contributed by atoms with E-state index in [1.165, 1.54) is 36.8 Å². The van der Waals surface area contributed by atoms with E-state index in [2.05, 4.69) is 27.4 Å². The largest absolute Gasteiger partial charge is 0.354 e. The molecule has 0 unspecified atom stereocenters. The minimum atomic E-state index is -0.0598. The minimum absolute atomic E-state index is 0.0598. The Hall–Kier alpha value is -2.69. The fraction of sp³-hybridized carbons (Fsp3) is 0.381. The molecule has 4 rings (SSSR count). The quantitative estimate of drug-likeness (QED) is 0.830. The van der Waals surface area contributed by atoms with E-state index >= 15 is 0 Å². The third-order valence-electron chi connectivity index (χ3n) is 5.12. The van der Waals surface area contributed by atoms with E-state index in [1.54, 1.807) is 12.3 Å². The number of nitrogens with one attached hydrogen (secondary N) is 1. The van der Waals surface area contributed by atoms with Crippen molar-refractivity contribution in [2.24, 2.45) is 0 Å². The van der Waals surface area contributed by atoms with Gasteiger partial charge in [-0.15, -0.1) is 0 Å². The van der Waals surface area contributed by atoms with Gasteiger partial charge in [0.2, 0.25) is 5.95 Å². The van der Waals surface area contributed by atoms with Gasteiger partial charge in [-0.05, 0) is 56.2 Å². The van der Waals surface area contributed by atoms with E-state index in [1.807, 2.05) is 23.1 Å². The van der Waals surface area contributed by atoms with Crippen LogP contribution in [-0.4, -0.2) is 29.0 Å². The first-order chi connectivity index (χ1) is 12.8. The summed E-state index contributed by atoms with van der Waals surface area (Å²) in [6, 6.07) is 9.75. The van der Waals surface area contributed by atoms with E-state index in [9.17, 15) is 4.79 Å².